The lowest BCUT2D eigenvalue weighted by Crippen LogP contribution is -3.11. The number of aliphatic hydroxyl groups is 2. The molecule has 0 saturated carbocycles. The Morgan fingerprint density at radius 3 is 1.60 bits per heavy atom. The Morgan fingerprint density at radius 1 is 1.10 bits per heavy atom. The number of aliphatic hydroxyl groups excluding tert-OH is 2. The quantitative estimate of drug-likeness (QED) is 0.443. The lowest BCUT2D eigenvalue weighted by atomic mass is 10.3. The van der Waals surface area contributed by atoms with Gasteiger partial charge in [0, 0.05) is 0 Å². The fraction of sp³-hybridized carbons (Fsp3) is 1.00. The maximum absolute atomic E-state index is 8.93. The van der Waals surface area contributed by atoms with Crippen molar-refractivity contribution in [1.82, 2.24) is 0 Å². The van der Waals surface area contributed by atoms with Crippen LogP contribution in [0.25, 0.3) is 0 Å². The molecule has 0 amide bonds. The second kappa shape index (κ2) is 4.66. The van der Waals surface area contributed by atoms with Gasteiger partial charge < -0.3 is 15.1 Å². The maximum atomic E-state index is 8.93. The van der Waals surface area contributed by atoms with Gasteiger partial charge in [-0.05, 0) is 13.8 Å². The molecule has 0 spiro atoms. The molecule has 0 saturated heterocycles. The van der Waals surface area contributed by atoms with Gasteiger partial charge in [0.25, 0.3) is 0 Å². The first-order valence-corrected chi connectivity index (χ1v) is 3.69. The standard InChI is InChI=1S/C7H17NO2/c1-6(9)4-8(3)5-7(2)10/h6-7,9-10H,4-5H2,1-3H3/p+1. The van der Waals surface area contributed by atoms with Gasteiger partial charge in [-0.3, -0.25) is 0 Å². The average molecular weight is 148 g/mol. The normalized spacial score (nSPS) is 20.1. The molecular weight excluding hydrogens is 130 g/mol. The van der Waals surface area contributed by atoms with Crippen LogP contribution in [0.4, 0.5) is 0 Å². The van der Waals surface area contributed by atoms with Gasteiger partial charge in [-0.2, -0.15) is 0 Å². The zero-order chi connectivity index (χ0) is 8.15. The highest BCUT2D eigenvalue weighted by Crippen LogP contribution is 1.72. The van der Waals surface area contributed by atoms with Crippen LogP contribution in [-0.2, 0) is 0 Å². The number of nitrogens with one attached hydrogen (secondary N) is 1. The van der Waals surface area contributed by atoms with Crippen LogP contribution in [0.2, 0.25) is 0 Å². The number of rotatable bonds is 4. The molecule has 0 radical (unpaired) electrons. The van der Waals surface area contributed by atoms with E-state index in [-0.39, 0.29) is 12.2 Å². The number of hydrogen-bond donors (Lipinski definition) is 3. The molecule has 0 aromatic carbocycles. The molecule has 0 bridgehead atoms. The summed E-state index contributed by atoms with van der Waals surface area (Å²) in [6, 6.07) is 0. The van der Waals surface area contributed by atoms with Crippen molar-refractivity contribution in [1.29, 1.82) is 0 Å². The van der Waals surface area contributed by atoms with Crippen LogP contribution in [0.3, 0.4) is 0 Å². The van der Waals surface area contributed by atoms with Crippen LogP contribution < -0.4 is 4.90 Å². The van der Waals surface area contributed by atoms with Gasteiger partial charge in [-0.1, -0.05) is 0 Å². The van der Waals surface area contributed by atoms with E-state index in [1.54, 1.807) is 13.8 Å². The summed E-state index contributed by atoms with van der Waals surface area (Å²) >= 11 is 0. The van der Waals surface area contributed by atoms with Crippen molar-refractivity contribution in [3.63, 3.8) is 0 Å². The molecule has 3 heteroatoms. The van der Waals surface area contributed by atoms with Crippen molar-refractivity contribution in [3.05, 3.63) is 0 Å². The van der Waals surface area contributed by atoms with Crippen molar-refractivity contribution in [2.45, 2.75) is 26.1 Å². The summed E-state index contributed by atoms with van der Waals surface area (Å²) in [7, 11) is 1.96. The SMILES string of the molecule is CC(O)C[NH+](C)CC(C)O. The van der Waals surface area contributed by atoms with Crippen LogP contribution in [0, 0.1) is 0 Å². The zero-order valence-corrected chi connectivity index (χ0v) is 6.96. The van der Waals surface area contributed by atoms with Gasteiger partial charge in [-0.25, -0.2) is 0 Å². The van der Waals surface area contributed by atoms with E-state index in [9.17, 15) is 0 Å². The summed E-state index contributed by atoms with van der Waals surface area (Å²) in [5.41, 5.74) is 0. The minimum Gasteiger partial charge on any atom is -0.388 e. The Hall–Kier alpha value is -0.120. The minimum absolute atomic E-state index is 0.279. The second-order valence-corrected chi connectivity index (χ2v) is 3.06. The van der Waals surface area contributed by atoms with Crippen LogP contribution in [-0.4, -0.2) is 42.6 Å². The minimum atomic E-state index is -0.279. The molecule has 0 aliphatic heterocycles. The summed E-state index contributed by atoms with van der Waals surface area (Å²) in [4.78, 5) is 1.16. The third kappa shape index (κ3) is 6.01. The van der Waals surface area contributed by atoms with Crippen LogP contribution in [0.5, 0.6) is 0 Å². The third-order valence-corrected chi connectivity index (χ3v) is 1.29. The molecule has 62 valence electrons. The molecule has 0 aromatic heterocycles. The fourth-order valence-electron chi connectivity index (χ4n) is 1.09. The first-order valence-electron chi connectivity index (χ1n) is 3.69. The first kappa shape index (κ1) is 9.88. The van der Waals surface area contributed by atoms with Gasteiger partial charge in [0.05, 0.1) is 7.05 Å². The molecule has 0 rings (SSSR count). The summed E-state index contributed by atoms with van der Waals surface area (Å²) in [5, 5.41) is 17.9. The number of quaternary nitrogens is 1. The van der Waals surface area contributed by atoms with E-state index in [1.807, 2.05) is 7.05 Å². The van der Waals surface area contributed by atoms with Gasteiger partial charge >= 0.3 is 0 Å². The topological polar surface area (TPSA) is 44.9 Å². The Kier molecular flexibility index (Phi) is 4.60. The van der Waals surface area contributed by atoms with E-state index in [1.165, 1.54) is 0 Å². The van der Waals surface area contributed by atoms with Crippen LogP contribution in [0.1, 0.15) is 13.8 Å². The van der Waals surface area contributed by atoms with E-state index >= 15 is 0 Å². The molecule has 0 fully saturated rings. The molecule has 3 nitrogen and oxygen atoms in total. The zero-order valence-electron chi connectivity index (χ0n) is 6.96. The summed E-state index contributed by atoms with van der Waals surface area (Å²) in [5.74, 6) is 0. The molecule has 0 aliphatic rings. The highest BCUT2D eigenvalue weighted by Gasteiger charge is 2.08. The predicted molar refractivity (Wildman–Crippen MR) is 40.0 cm³/mol. The molecule has 0 heterocycles. The first-order chi connectivity index (χ1) is 4.52. The number of hydrogen-bond acceptors (Lipinski definition) is 2. The second-order valence-electron chi connectivity index (χ2n) is 3.06. The van der Waals surface area contributed by atoms with Crippen molar-refractivity contribution >= 4 is 0 Å². The van der Waals surface area contributed by atoms with Crippen molar-refractivity contribution < 1.29 is 15.1 Å². The highest BCUT2D eigenvalue weighted by atomic mass is 16.3. The Bertz CT molecular complexity index is 73.7. The Balaban J connectivity index is 3.34. The molecule has 0 aliphatic carbocycles. The maximum Gasteiger partial charge on any atom is 0.103 e. The smallest absolute Gasteiger partial charge is 0.103 e. The molecule has 2 atom stereocenters. The van der Waals surface area contributed by atoms with Gasteiger partial charge in [0.15, 0.2) is 0 Å². The fourth-order valence-corrected chi connectivity index (χ4v) is 1.09. The highest BCUT2D eigenvalue weighted by molar-refractivity contribution is 4.42. The monoisotopic (exact) mass is 148 g/mol. The van der Waals surface area contributed by atoms with Crippen molar-refractivity contribution in [2.24, 2.45) is 0 Å². The lowest BCUT2D eigenvalue weighted by molar-refractivity contribution is -0.885. The summed E-state index contributed by atoms with van der Waals surface area (Å²) in [6.45, 7) is 4.91. The summed E-state index contributed by atoms with van der Waals surface area (Å²) < 4.78 is 0. The Labute approximate surface area is 62.3 Å². The Morgan fingerprint density at radius 2 is 1.40 bits per heavy atom. The van der Waals surface area contributed by atoms with Crippen LogP contribution >= 0.6 is 0 Å². The third-order valence-electron chi connectivity index (χ3n) is 1.29. The van der Waals surface area contributed by atoms with E-state index in [4.69, 9.17) is 10.2 Å². The molecule has 10 heavy (non-hydrogen) atoms. The van der Waals surface area contributed by atoms with Gasteiger partial charge in [0.1, 0.15) is 25.3 Å². The largest absolute Gasteiger partial charge is 0.388 e. The average Bonchev–Trinajstić information content (AvgIpc) is 1.58. The molecule has 0 aromatic rings. The summed E-state index contributed by atoms with van der Waals surface area (Å²) in [6.07, 6.45) is -0.558. The molecule has 2 unspecified atom stereocenters. The van der Waals surface area contributed by atoms with E-state index in [0.717, 1.165) is 4.90 Å². The molecular formula is C7H18NO2+. The van der Waals surface area contributed by atoms with E-state index in [0.29, 0.717) is 13.1 Å². The number of likely N-dealkylation sites (N-methyl/N-ethyl adjacent to an activating group) is 1. The van der Waals surface area contributed by atoms with Crippen molar-refractivity contribution in [3.8, 4) is 0 Å². The molecule has 3 N–H and O–H groups in total. The van der Waals surface area contributed by atoms with Crippen molar-refractivity contribution in [2.75, 3.05) is 20.1 Å². The van der Waals surface area contributed by atoms with E-state index < -0.39 is 0 Å². The van der Waals surface area contributed by atoms with E-state index in [2.05, 4.69) is 0 Å². The predicted octanol–water partition coefficient (Wildman–Crippen LogP) is -1.74. The van der Waals surface area contributed by atoms with Gasteiger partial charge in [-0.15, -0.1) is 0 Å². The van der Waals surface area contributed by atoms with Gasteiger partial charge in [0.2, 0.25) is 0 Å². The van der Waals surface area contributed by atoms with Crippen LogP contribution in [0.15, 0.2) is 0 Å². The lowest BCUT2D eigenvalue weighted by Gasteiger charge is -2.16.